The Bertz CT molecular complexity index is 561. The van der Waals surface area contributed by atoms with Crippen molar-refractivity contribution in [3.8, 4) is 0 Å². The number of rotatable bonds is 1. The monoisotopic (exact) mass is 326 g/mol. The maximum atomic E-state index is 12.1. The molecule has 1 amide bonds. The SMILES string of the molecule is Cc1ccc(Cl)c(C2(O)CCN(C(=O)OC(C)(C)C)CC2)n1. The van der Waals surface area contributed by atoms with Crippen molar-refractivity contribution >= 4 is 17.7 Å². The van der Waals surface area contributed by atoms with Gasteiger partial charge in [-0.1, -0.05) is 11.6 Å². The molecule has 1 N–H and O–H groups in total. The zero-order chi connectivity index (χ0) is 16.5. The van der Waals surface area contributed by atoms with E-state index in [9.17, 15) is 9.90 Å². The van der Waals surface area contributed by atoms with Crippen LogP contribution in [0.25, 0.3) is 0 Å². The molecular formula is C16H23ClN2O3. The van der Waals surface area contributed by atoms with Crippen molar-refractivity contribution in [1.82, 2.24) is 9.88 Å². The first kappa shape index (κ1) is 17.0. The summed E-state index contributed by atoms with van der Waals surface area (Å²) in [4.78, 5) is 18.1. The number of carbonyl (C=O) groups excluding carboxylic acids is 1. The number of likely N-dealkylation sites (tertiary alicyclic amines) is 1. The van der Waals surface area contributed by atoms with E-state index in [1.54, 1.807) is 11.0 Å². The number of aromatic nitrogens is 1. The zero-order valence-corrected chi connectivity index (χ0v) is 14.3. The number of pyridine rings is 1. The van der Waals surface area contributed by atoms with E-state index in [0.29, 0.717) is 36.6 Å². The van der Waals surface area contributed by atoms with Crippen LogP contribution in [0.5, 0.6) is 0 Å². The minimum atomic E-state index is -1.10. The summed E-state index contributed by atoms with van der Waals surface area (Å²) in [6.07, 6.45) is 0.433. The van der Waals surface area contributed by atoms with E-state index in [1.165, 1.54) is 0 Å². The first-order chi connectivity index (χ1) is 10.1. The van der Waals surface area contributed by atoms with E-state index in [4.69, 9.17) is 16.3 Å². The molecule has 122 valence electrons. The number of amides is 1. The fourth-order valence-corrected chi connectivity index (χ4v) is 2.77. The van der Waals surface area contributed by atoms with Crippen LogP contribution in [0.15, 0.2) is 12.1 Å². The van der Waals surface area contributed by atoms with Crippen LogP contribution in [0.2, 0.25) is 5.02 Å². The van der Waals surface area contributed by atoms with Crippen LogP contribution in [0.3, 0.4) is 0 Å². The average molecular weight is 327 g/mol. The molecule has 0 bridgehead atoms. The minimum Gasteiger partial charge on any atom is -0.444 e. The van der Waals surface area contributed by atoms with Crippen LogP contribution in [-0.2, 0) is 10.3 Å². The average Bonchev–Trinajstić information content (AvgIpc) is 2.40. The van der Waals surface area contributed by atoms with Crippen molar-refractivity contribution in [2.45, 2.75) is 51.7 Å². The summed E-state index contributed by atoms with van der Waals surface area (Å²) < 4.78 is 5.36. The Morgan fingerprint density at radius 2 is 1.95 bits per heavy atom. The lowest BCUT2D eigenvalue weighted by atomic mass is 9.87. The van der Waals surface area contributed by atoms with Crippen molar-refractivity contribution in [2.75, 3.05) is 13.1 Å². The molecule has 1 aromatic heterocycles. The number of halogens is 1. The summed E-state index contributed by atoms with van der Waals surface area (Å²) in [7, 11) is 0. The van der Waals surface area contributed by atoms with Gasteiger partial charge in [-0.15, -0.1) is 0 Å². The highest BCUT2D eigenvalue weighted by atomic mass is 35.5. The number of hydrogen-bond acceptors (Lipinski definition) is 4. The fourth-order valence-electron chi connectivity index (χ4n) is 2.49. The number of nitrogens with zero attached hydrogens (tertiary/aromatic N) is 2. The highest BCUT2D eigenvalue weighted by Crippen LogP contribution is 2.36. The predicted octanol–water partition coefficient (Wildman–Crippen LogP) is 3.26. The number of aryl methyl sites for hydroxylation is 1. The van der Waals surface area contributed by atoms with Gasteiger partial charge in [0.1, 0.15) is 11.2 Å². The van der Waals surface area contributed by atoms with Gasteiger partial charge in [0.05, 0.1) is 10.7 Å². The molecule has 2 rings (SSSR count). The van der Waals surface area contributed by atoms with Gasteiger partial charge in [0.2, 0.25) is 0 Å². The van der Waals surface area contributed by atoms with E-state index < -0.39 is 11.2 Å². The lowest BCUT2D eigenvalue weighted by molar-refractivity contribution is -0.0381. The van der Waals surface area contributed by atoms with Crippen LogP contribution < -0.4 is 0 Å². The van der Waals surface area contributed by atoms with Crippen molar-refractivity contribution in [2.24, 2.45) is 0 Å². The van der Waals surface area contributed by atoms with Crippen molar-refractivity contribution in [3.63, 3.8) is 0 Å². The molecule has 5 nitrogen and oxygen atoms in total. The topological polar surface area (TPSA) is 62.7 Å². The normalized spacial score (nSPS) is 18.2. The van der Waals surface area contributed by atoms with Crippen LogP contribution in [0.1, 0.15) is 45.0 Å². The van der Waals surface area contributed by atoms with Gasteiger partial charge in [-0.2, -0.15) is 0 Å². The summed E-state index contributed by atoms with van der Waals surface area (Å²) in [6.45, 7) is 8.19. The second kappa shape index (κ2) is 6.05. The van der Waals surface area contributed by atoms with Gasteiger partial charge in [0, 0.05) is 18.8 Å². The molecule has 0 saturated carbocycles. The van der Waals surface area contributed by atoms with E-state index in [0.717, 1.165) is 5.69 Å². The van der Waals surface area contributed by atoms with Crippen LogP contribution in [0, 0.1) is 6.92 Å². The summed E-state index contributed by atoms with van der Waals surface area (Å²) in [5.41, 5.74) is -0.311. The molecule has 0 spiro atoms. The van der Waals surface area contributed by atoms with Crippen molar-refractivity contribution < 1.29 is 14.6 Å². The van der Waals surface area contributed by atoms with E-state index in [2.05, 4.69) is 4.98 Å². The zero-order valence-electron chi connectivity index (χ0n) is 13.5. The molecule has 1 fully saturated rings. The van der Waals surface area contributed by atoms with E-state index >= 15 is 0 Å². The molecule has 0 atom stereocenters. The maximum absolute atomic E-state index is 12.1. The molecule has 0 radical (unpaired) electrons. The molecule has 0 aromatic carbocycles. The van der Waals surface area contributed by atoms with Crippen molar-refractivity contribution in [1.29, 1.82) is 0 Å². The molecule has 0 aliphatic carbocycles. The number of ether oxygens (including phenoxy) is 1. The molecule has 0 unspecified atom stereocenters. The molecule has 22 heavy (non-hydrogen) atoms. The van der Waals surface area contributed by atoms with E-state index in [-0.39, 0.29) is 6.09 Å². The Kier molecular flexibility index (Phi) is 4.68. The van der Waals surface area contributed by atoms with Gasteiger partial charge < -0.3 is 14.7 Å². The number of aliphatic hydroxyl groups is 1. The molecule has 1 aliphatic heterocycles. The first-order valence-electron chi connectivity index (χ1n) is 7.45. The fraction of sp³-hybridized carbons (Fsp3) is 0.625. The molecule has 2 heterocycles. The summed E-state index contributed by atoms with van der Waals surface area (Å²) >= 11 is 6.18. The van der Waals surface area contributed by atoms with Gasteiger partial charge in [-0.25, -0.2) is 4.79 Å². The second-order valence-corrected chi connectivity index (χ2v) is 7.19. The minimum absolute atomic E-state index is 0.349. The van der Waals surface area contributed by atoms with Crippen LogP contribution >= 0.6 is 11.6 Å². The molecule has 1 aliphatic rings. The summed E-state index contributed by atoms with van der Waals surface area (Å²) in [6, 6.07) is 3.56. The molecular weight excluding hydrogens is 304 g/mol. The Morgan fingerprint density at radius 1 is 1.36 bits per heavy atom. The van der Waals surface area contributed by atoms with Gasteiger partial charge >= 0.3 is 6.09 Å². The van der Waals surface area contributed by atoms with Crippen LogP contribution in [0.4, 0.5) is 4.79 Å². The molecule has 1 saturated heterocycles. The Hall–Kier alpha value is -1.33. The van der Waals surface area contributed by atoms with Crippen LogP contribution in [-0.4, -0.2) is 39.8 Å². The van der Waals surface area contributed by atoms with Gasteiger partial charge in [-0.3, -0.25) is 4.98 Å². The lowest BCUT2D eigenvalue weighted by Crippen LogP contribution is -2.47. The quantitative estimate of drug-likeness (QED) is 0.860. The molecule has 1 aromatic rings. The summed E-state index contributed by atoms with van der Waals surface area (Å²) in [5, 5.41) is 11.3. The van der Waals surface area contributed by atoms with E-state index in [1.807, 2.05) is 33.8 Å². The third-order valence-electron chi connectivity index (χ3n) is 3.67. The highest BCUT2D eigenvalue weighted by Gasteiger charge is 2.39. The van der Waals surface area contributed by atoms with Gasteiger partial charge in [0.25, 0.3) is 0 Å². The number of hydrogen-bond donors (Lipinski definition) is 1. The Labute approximate surface area is 136 Å². The smallest absolute Gasteiger partial charge is 0.410 e. The largest absolute Gasteiger partial charge is 0.444 e. The first-order valence-corrected chi connectivity index (χ1v) is 7.82. The second-order valence-electron chi connectivity index (χ2n) is 6.78. The maximum Gasteiger partial charge on any atom is 0.410 e. The highest BCUT2D eigenvalue weighted by molar-refractivity contribution is 6.31. The van der Waals surface area contributed by atoms with Crippen molar-refractivity contribution in [3.05, 3.63) is 28.5 Å². The van der Waals surface area contributed by atoms with Gasteiger partial charge in [-0.05, 0) is 52.7 Å². The third-order valence-corrected chi connectivity index (χ3v) is 3.97. The standard InChI is InChI=1S/C16H23ClN2O3/c1-11-5-6-12(17)13(18-11)16(21)7-9-19(10-8-16)14(20)22-15(2,3)4/h5-6,21H,7-10H2,1-4H3. The number of piperidine rings is 1. The lowest BCUT2D eigenvalue weighted by Gasteiger charge is -2.38. The predicted molar refractivity (Wildman–Crippen MR) is 84.9 cm³/mol. The Morgan fingerprint density at radius 3 is 2.50 bits per heavy atom. The Balaban J connectivity index is 2.07. The van der Waals surface area contributed by atoms with Gasteiger partial charge in [0.15, 0.2) is 0 Å². The molecule has 6 heteroatoms. The third kappa shape index (κ3) is 3.90. The number of carbonyl (C=O) groups is 1. The summed E-state index contributed by atoms with van der Waals surface area (Å²) in [5.74, 6) is 0.